The van der Waals surface area contributed by atoms with Gasteiger partial charge in [0.2, 0.25) is 0 Å². The Morgan fingerprint density at radius 1 is 0.758 bits per heavy atom. The maximum absolute atomic E-state index is 6.50. The predicted molar refractivity (Wildman–Crippen MR) is 136 cm³/mol. The summed E-state index contributed by atoms with van der Waals surface area (Å²) in [6, 6.07) is 30.5. The Morgan fingerprint density at radius 3 is 2.33 bits per heavy atom. The van der Waals surface area contributed by atoms with Crippen LogP contribution in [0.5, 0.6) is 0 Å². The fourth-order valence-corrected chi connectivity index (χ4v) is 6.09. The molecule has 7 rings (SSSR count). The van der Waals surface area contributed by atoms with Crippen molar-refractivity contribution >= 4 is 27.5 Å². The molecule has 154 valence electrons. The number of furan rings is 1. The highest BCUT2D eigenvalue weighted by Crippen LogP contribution is 2.62. The van der Waals surface area contributed by atoms with Crippen molar-refractivity contribution in [2.45, 2.75) is 11.8 Å². The monoisotopic (exact) mass is 420 g/mol. The highest BCUT2D eigenvalue weighted by atomic mass is 16.3. The molecule has 0 saturated carbocycles. The zero-order chi connectivity index (χ0) is 22.0. The van der Waals surface area contributed by atoms with E-state index in [2.05, 4.69) is 90.9 Å². The SMILES string of the molecule is C#C/C=C\C=C1/CC2(c3ccccc31)c1ccccc1-c1c2ccc2c1oc1ccccc12. The van der Waals surface area contributed by atoms with Gasteiger partial charge in [-0.15, -0.1) is 6.42 Å². The van der Waals surface area contributed by atoms with Gasteiger partial charge in [-0.2, -0.15) is 0 Å². The van der Waals surface area contributed by atoms with Crippen LogP contribution in [0.25, 0.3) is 38.6 Å². The number of rotatable bonds is 1. The minimum atomic E-state index is -0.231. The summed E-state index contributed by atoms with van der Waals surface area (Å²) >= 11 is 0. The maximum Gasteiger partial charge on any atom is 0.143 e. The smallest absolute Gasteiger partial charge is 0.143 e. The summed E-state index contributed by atoms with van der Waals surface area (Å²) in [6.07, 6.45) is 12.3. The van der Waals surface area contributed by atoms with Crippen LogP contribution in [-0.2, 0) is 5.41 Å². The van der Waals surface area contributed by atoms with Gasteiger partial charge in [-0.05, 0) is 52.0 Å². The lowest BCUT2D eigenvalue weighted by molar-refractivity contribution is 0.663. The summed E-state index contributed by atoms with van der Waals surface area (Å²) in [6.45, 7) is 0. The van der Waals surface area contributed by atoms with E-state index < -0.39 is 0 Å². The molecular formula is C32H20O. The van der Waals surface area contributed by atoms with Crippen molar-refractivity contribution in [1.82, 2.24) is 0 Å². The second kappa shape index (κ2) is 6.61. The fraction of sp³-hybridized carbons (Fsp3) is 0.0625. The first-order valence-electron chi connectivity index (χ1n) is 11.3. The fourth-order valence-electron chi connectivity index (χ4n) is 6.09. The molecule has 0 aliphatic heterocycles. The van der Waals surface area contributed by atoms with Gasteiger partial charge < -0.3 is 4.42 Å². The number of hydrogen-bond acceptors (Lipinski definition) is 1. The minimum absolute atomic E-state index is 0.231. The van der Waals surface area contributed by atoms with Crippen LogP contribution in [0.4, 0.5) is 0 Å². The van der Waals surface area contributed by atoms with Crippen molar-refractivity contribution in [1.29, 1.82) is 0 Å². The Kier molecular flexibility index (Phi) is 3.67. The summed E-state index contributed by atoms with van der Waals surface area (Å²) in [7, 11) is 0. The van der Waals surface area contributed by atoms with E-state index >= 15 is 0 Å². The number of hydrogen-bond donors (Lipinski definition) is 0. The van der Waals surface area contributed by atoms with E-state index in [1.165, 1.54) is 49.7 Å². The van der Waals surface area contributed by atoms with Crippen LogP contribution in [0, 0.1) is 12.3 Å². The quantitative estimate of drug-likeness (QED) is 0.251. The van der Waals surface area contributed by atoms with Crippen LogP contribution < -0.4 is 0 Å². The molecule has 2 aliphatic carbocycles. The third-order valence-corrected chi connectivity index (χ3v) is 7.34. The first-order valence-corrected chi connectivity index (χ1v) is 11.3. The van der Waals surface area contributed by atoms with Crippen LogP contribution >= 0.6 is 0 Å². The predicted octanol–water partition coefficient (Wildman–Crippen LogP) is 7.88. The summed E-state index contributed by atoms with van der Waals surface area (Å²) in [5.41, 5.74) is 10.8. The van der Waals surface area contributed by atoms with Gasteiger partial charge in [0.15, 0.2) is 0 Å². The molecule has 0 bridgehead atoms. The van der Waals surface area contributed by atoms with Crippen molar-refractivity contribution in [2.75, 3.05) is 0 Å². The molecule has 0 saturated heterocycles. The zero-order valence-corrected chi connectivity index (χ0v) is 18.0. The second-order valence-electron chi connectivity index (χ2n) is 8.85. The maximum atomic E-state index is 6.50. The van der Waals surface area contributed by atoms with E-state index in [4.69, 9.17) is 10.8 Å². The highest BCUT2D eigenvalue weighted by Gasteiger charge is 2.50. The summed E-state index contributed by atoms with van der Waals surface area (Å²) in [4.78, 5) is 0. The van der Waals surface area contributed by atoms with Crippen LogP contribution in [0.1, 0.15) is 28.7 Å². The molecule has 33 heavy (non-hydrogen) atoms. The second-order valence-corrected chi connectivity index (χ2v) is 8.85. The molecule has 1 heteroatoms. The molecule has 0 N–H and O–H groups in total. The molecule has 1 unspecified atom stereocenters. The lowest BCUT2D eigenvalue weighted by atomic mass is 9.73. The molecule has 2 aliphatic rings. The van der Waals surface area contributed by atoms with Crippen LogP contribution in [-0.4, -0.2) is 0 Å². The first-order chi connectivity index (χ1) is 16.3. The molecule has 4 aromatic carbocycles. The normalized spacial score (nSPS) is 19.4. The first kappa shape index (κ1) is 18.3. The van der Waals surface area contributed by atoms with Crippen molar-refractivity contribution in [3.8, 4) is 23.5 Å². The zero-order valence-electron chi connectivity index (χ0n) is 18.0. The molecule has 1 aromatic heterocycles. The Hall–Kier alpha value is -4.28. The van der Waals surface area contributed by atoms with E-state index in [-0.39, 0.29) is 5.41 Å². The van der Waals surface area contributed by atoms with Gasteiger partial charge in [0.25, 0.3) is 0 Å². The molecular weight excluding hydrogens is 400 g/mol. The summed E-state index contributed by atoms with van der Waals surface area (Å²) in [5.74, 6) is 2.60. The van der Waals surface area contributed by atoms with Crippen molar-refractivity contribution in [3.63, 3.8) is 0 Å². The van der Waals surface area contributed by atoms with Crippen molar-refractivity contribution < 1.29 is 4.42 Å². The van der Waals surface area contributed by atoms with Crippen molar-refractivity contribution in [3.05, 3.63) is 125 Å². The highest BCUT2D eigenvalue weighted by molar-refractivity contribution is 6.12. The molecule has 0 radical (unpaired) electrons. The average molecular weight is 421 g/mol. The van der Waals surface area contributed by atoms with Gasteiger partial charge in [-0.25, -0.2) is 0 Å². The van der Waals surface area contributed by atoms with E-state index in [1.807, 2.05) is 12.1 Å². The number of para-hydroxylation sites is 1. The molecule has 0 fully saturated rings. The van der Waals surface area contributed by atoms with Crippen LogP contribution in [0.3, 0.4) is 0 Å². The largest absolute Gasteiger partial charge is 0.455 e. The van der Waals surface area contributed by atoms with Crippen LogP contribution in [0.2, 0.25) is 0 Å². The van der Waals surface area contributed by atoms with Gasteiger partial charge in [-0.3, -0.25) is 0 Å². The Bertz CT molecular complexity index is 1700. The number of benzene rings is 4. The summed E-state index contributed by atoms with van der Waals surface area (Å²) < 4.78 is 6.50. The lowest BCUT2D eigenvalue weighted by Gasteiger charge is -2.28. The van der Waals surface area contributed by atoms with Gasteiger partial charge in [-0.1, -0.05) is 96.9 Å². The van der Waals surface area contributed by atoms with Crippen LogP contribution in [0.15, 0.2) is 108 Å². The Labute approximate surface area is 192 Å². The standard InChI is InChI=1S/C32H20O/c1-2-3-4-11-21-20-32(26-15-8-5-12-22(21)26)27-16-9-6-14-25(27)30-28(32)19-18-24-23-13-7-10-17-29(23)33-31(24)30/h1,3-19H,20H2/b4-3-,21-11+. The third-order valence-electron chi connectivity index (χ3n) is 7.34. The van der Waals surface area contributed by atoms with Gasteiger partial charge in [0, 0.05) is 16.3 Å². The Balaban J connectivity index is 1.60. The Morgan fingerprint density at radius 2 is 1.48 bits per heavy atom. The van der Waals surface area contributed by atoms with E-state index in [9.17, 15) is 0 Å². The number of allylic oxidation sites excluding steroid dienone is 4. The topological polar surface area (TPSA) is 13.1 Å². The van der Waals surface area contributed by atoms with Gasteiger partial charge in [0.05, 0.1) is 5.41 Å². The van der Waals surface area contributed by atoms with Gasteiger partial charge in [0.1, 0.15) is 11.2 Å². The van der Waals surface area contributed by atoms with E-state index in [0.717, 1.165) is 17.6 Å². The summed E-state index contributed by atoms with van der Waals surface area (Å²) in [5, 5.41) is 2.34. The molecule has 5 aromatic rings. The van der Waals surface area contributed by atoms with Gasteiger partial charge >= 0.3 is 0 Å². The van der Waals surface area contributed by atoms with E-state index in [0.29, 0.717) is 0 Å². The molecule has 1 spiro atoms. The number of fused-ring (bicyclic) bond motifs is 11. The third kappa shape index (κ3) is 2.28. The minimum Gasteiger partial charge on any atom is -0.455 e. The number of terminal acetylenes is 1. The molecule has 1 atom stereocenters. The molecule has 1 nitrogen and oxygen atoms in total. The lowest BCUT2D eigenvalue weighted by Crippen LogP contribution is -2.23. The molecule has 0 amide bonds. The van der Waals surface area contributed by atoms with Crippen molar-refractivity contribution in [2.24, 2.45) is 0 Å². The van der Waals surface area contributed by atoms with E-state index in [1.54, 1.807) is 6.08 Å². The molecule has 1 heterocycles. The average Bonchev–Trinajstić information content (AvgIpc) is 3.49.